The highest BCUT2D eigenvalue weighted by Gasteiger charge is 2.09. The van der Waals surface area contributed by atoms with E-state index in [2.05, 4.69) is 17.2 Å². The summed E-state index contributed by atoms with van der Waals surface area (Å²) < 4.78 is 14.7. The number of hydrogen-bond donors (Lipinski definition) is 0. The highest BCUT2D eigenvalue weighted by atomic mass is 19.1. The van der Waals surface area contributed by atoms with Crippen LogP contribution in [-0.2, 0) is 13.0 Å². The Morgan fingerprint density at radius 3 is 2.57 bits per heavy atom. The van der Waals surface area contributed by atoms with Crippen LogP contribution in [0.15, 0.2) is 0 Å². The zero-order valence-corrected chi connectivity index (χ0v) is 8.96. The highest BCUT2D eigenvalue weighted by molar-refractivity contribution is 4.94. The summed E-state index contributed by atoms with van der Waals surface area (Å²) in [6.45, 7) is 4.69. The standard InChI is InChI=1S/C10H18FN3/c1-3-5-6-7-8-14-10(11)9(4-2)12-13-14/h3-8H2,1-2H3. The van der Waals surface area contributed by atoms with Gasteiger partial charge in [-0.15, -0.1) is 5.10 Å². The molecule has 0 aliphatic heterocycles. The van der Waals surface area contributed by atoms with Gasteiger partial charge in [-0.1, -0.05) is 38.3 Å². The van der Waals surface area contributed by atoms with Gasteiger partial charge in [-0.2, -0.15) is 4.39 Å². The molecule has 14 heavy (non-hydrogen) atoms. The number of nitrogens with zero attached hydrogens (tertiary/aromatic N) is 3. The number of halogens is 1. The summed E-state index contributed by atoms with van der Waals surface area (Å²) in [5, 5.41) is 7.55. The van der Waals surface area contributed by atoms with Crippen molar-refractivity contribution in [2.24, 2.45) is 0 Å². The molecule has 0 saturated carbocycles. The second-order valence-corrected chi connectivity index (χ2v) is 3.46. The number of unbranched alkanes of at least 4 members (excludes halogenated alkanes) is 3. The third-order valence-electron chi connectivity index (χ3n) is 2.30. The van der Waals surface area contributed by atoms with Gasteiger partial charge in [0.05, 0.1) is 0 Å². The molecule has 1 heterocycles. The Labute approximate surface area is 84.3 Å². The van der Waals surface area contributed by atoms with Crippen LogP contribution in [0.4, 0.5) is 4.39 Å². The van der Waals surface area contributed by atoms with E-state index in [1.165, 1.54) is 17.5 Å². The van der Waals surface area contributed by atoms with Crippen molar-refractivity contribution in [1.29, 1.82) is 0 Å². The monoisotopic (exact) mass is 199 g/mol. The highest BCUT2D eigenvalue weighted by Crippen LogP contribution is 2.06. The van der Waals surface area contributed by atoms with Gasteiger partial charge in [0.15, 0.2) is 0 Å². The molecular formula is C10H18FN3. The number of rotatable bonds is 6. The van der Waals surface area contributed by atoms with Crippen molar-refractivity contribution in [2.75, 3.05) is 0 Å². The van der Waals surface area contributed by atoms with Gasteiger partial charge < -0.3 is 0 Å². The summed E-state index contributed by atoms with van der Waals surface area (Å²) in [7, 11) is 0. The first-order valence-electron chi connectivity index (χ1n) is 5.37. The molecule has 1 aromatic rings. The van der Waals surface area contributed by atoms with Crippen LogP contribution in [0.2, 0.25) is 0 Å². The Hall–Kier alpha value is -0.930. The molecule has 0 amide bonds. The summed E-state index contributed by atoms with van der Waals surface area (Å²) in [6.07, 6.45) is 5.13. The zero-order valence-electron chi connectivity index (χ0n) is 8.96. The first-order chi connectivity index (χ1) is 6.79. The summed E-state index contributed by atoms with van der Waals surface area (Å²) in [6, 6.07) is 0. The molecular weight excluding hydrogens is 181 g/mol. The summed E-state index contributed by atoms with van der Waals surface area (Å²) >= 11 is 0. The lowest BCUT2D eigenvalue weighted by Gasteiger charge is -2.00. The quantitative estimate of drug-likeness (QED) is 0.659. The van der Waals surface area contributed by atoms with E-state index in [-0.39, 0.29) is 5.95 Å². The topological polar surface area (TPSA) is 30.7 Å². The average molecular weight is 199 g/mol. The Morgan fingerprint density at radius 2 is 2.00 bits per heavy atom. The molecule has 0 aromatic carbocycles. The van der Waals surface area contributed by atoms with Crippen molar-refractivity contribution in [1.82, 2.24) is 15.0 Å². The first-order valence-corrected chi connectivity index (χ1v) is 5.37. The average Bonchev–Trinajstić information content (AvgIpc) is 2.55. The normalized spacial score (nSPS) is 10.8. The fourth-order valence-electron chi connectivity index (χ4n) is 1.39. The van der Waals surface area contributed by atoms with Gasteiger partial charge in [-0.3, -0.25) is 0 Å². The molecule has 0 aliphatic rings. The summed E-state index contributed by atoms with van der Waals surface area (Å²) in [5.74, 6) is -0.260. The van der Waals surface area contributed by atoms with Crippen LogP contribution >= 0.6 is 0 Å². The molecule has 0 bridgehead atoms. The minimum absolute atomic E-state index is 0.260. The summed E-state index contributed by atoms with van der Waals surface area (Å²) in [4.78, 5) is 0. The van der Waals surface area contributed by atoms with Gasteiger partial charge in [0, 0.05) is 6.54 Å². The Kier molecular flexibility index (Phi) is 4.56. The molecule has 0 radical (unpaired) electrons. The second-order valence-electron chi connectivity index (χ2n) is 3.46. The van der Waals surface area contributed by atoms with E-state index in [9.17, 15) is 4.39 Å². The third kappa shape index (κ3) is 2.79. The summed E-state index contributed by atoms with van der Waals surface area (Å²) in [5.41, 5.74) is 0.473. The van der Waals surface area contributed by atoms with Crippen molar-refractivity contribution in [3.63, 3.8) is 0 Å². The number of aryl methyl sites for hydroxylation is 2. The lowest BCUT2D eigenvalue weighted by molar-refractivity contribution is 0.429. The maximum Gasteiger partial charge on any atom is 0.234 e. The van der Waals surface area contributed by atoms with Crippen LogP contribution in [0.25, 0.3) is 0 Å². The van der Waals surface area contributed by atoms with E-state index in [1.807, 2.05) is 6.92 Å². The van der Waals surface area contributed by atoms with Gasteiger partial charge >= 0.3 is 0 Å². The molecule has 0 aliphatic carbocycles. The van der Waals surface area contributed by atoms with Crippen molar-refractivity contribution in [3.8, 4) is 0 Å². The van der Waals surface area contributed by atoms with Crippen LogP contribution in [0.5, 0.6) is 0 Å². The van der Waals surface area contributed by atoms with Crippen LogP contribution in [0.1, 0.15) is 45.2 Å². The molecule has 1 rings (SSSR count). The molecule has 0 atom stereocenters. The van der Waals surface area contributed by atoms with Gasteiger partial charge in [-0.05, 0) is 12.8 Å². The van der Waals surface area contributed by atoms with Crippen LogP contribution in [0, 0.1) is 5.95 Å². The SMILES string of the molecule is CCCCCCn1nnc(CC)c1F. The second kappa shape index (κ2) is 5.73. The predicted octanol–water partition coefficient (Wildman–Crippen LogP) is 2.56. The molecule has 0 spiro atoms. The number of hydrogen-bond acceptors (Lipinski definition) is 2. The van der Waals surface area contributed by atoms with Crippen LogP contribution < -0.4 is 0 Å². The largest absolute Gasteiger partial charge is 0.234 e. The maximum atomic E-state index is 13.4. The van der Waals surface area contributed by atoms with E-state index < -0.39 is 0 Å². The molecule has 1 aromatic heterocycles. The molecule has 0 N–H and O–H groups in total. The van der Waals surface area contributed by atoms with E-state index in [4.69, 9.17) is 0 Å². The minimum atomic E-state index is -0.260. The molecule has 4 heteroatoms. The Morgan fingerprint density at radius 1 is 1.21 bits per heavy atom. The Balaban J connectivity index is 2.39. The van der Waals surface area contributed by atoms with E-state index >= 15 is 0 Å². The van der Waals surface area contributed by atoms with Gasteiger partial charge in [0.25, 0.3) is 0 Å². The number of aromatic nitrogens is 3. The first kappa shape index (κ1) is 11.1. The predicted molar refractivity (Wildman–Crippen MR) is 53.5 cm³/mol. The fourth-order valence-corrected chi connectivity index (χ4v) is 1.39. The van der Waals surface area contributed by atoms with Crippen molar-refractivity contribution >= 4 is 0 Å². The fraction of sp³-hybridized carbons (Fsp3) is 0.800. The minimum Gasteiger partial charge on any atom is -0.219 e. The molecule has 80 valence electrons. The Bertz CT molecular complexity index is 270. The van der Waals surface area contributed by atoms with Crippen molar-refractivity contribution in [3.05, 3.63) is 11.6 Å². The zero-order chi connectivity index (χ0) is 10.4. The molecule has 0 fully saturated rings. The van der Waals surface area contributed by atoms with Crippen LogP contribution in [0.3, 0.4) is 0 Å². The molecule has 3 nitrogen and oxygen atoms in total. The van der Waals surface area contributed by atoms with Crippen molar-refractivity contribution in [2.45, 2.75) is 52.5 Å². The van der Waals surface area contributed by atoms with Crippen LogP contribution in [-0.4, -0.2) is 15.0 Å². The lowest BCUT2D eigenvalue weighted by atomic mass is 10.2. The lowest BCUT2D eigenvalue weighted by Crippen LogP contribution is -2.03. The molecule has 0 saturated heterocycles. The molecule has 0 unspecified atom stereocenters. The van der Waals surface area contributed by atoms with Crippen molar-refractivity contribution < 1.29 is 4.39 Å². The van der Waals surface area contributed by atoms with Gasteiger partial charge in [0.2, 0.25) is 5.95 Å². The van der Waals surface area contributed by atoms with Gasteiger partial charge in [-0.25, -0.2) is 4.68 Å². The maximum absolute atomic E-state index is 13.4. The van der Waals surface area contributed by atoms with E-state index in [1.54, 1.807) is 0 Å². The van der Waals surface area contributed by atoms with E-state index in [0.717, 1.165) is 12.8 Å². The smallest absolute Gasteiger partial charge is 0.219 e. The van der Waals surface area contributed by atoms with E-state index in [0.29, 0.717) is 18.7 Å². The van der Waals surface area contributed by atoms with Gasteiger partial charge in [0.1, 0.15) is 5.69 Å². The third-order valence-corrected chi connectivity index (χ3v) is 2.30.